The van der Waals surface area contributed by atoms with Gasteiger partial charge in [-0.2, -0.15) is 0 Å². The van der Waals surface area contributed by atoms with E-state index in [2.05, 4.69) is 10.3 Å². The van der Waals surface area contributed by atoms with Gasteiger partial charge in [0, 0.05) is 25.4 Å². The number of nitrogens with zero attached hydrogens (tertiary/aromatic N) is 2. The van der Waals surface area contributed by atoms with E-state index in [4.69, 9.17) is 4.74 Å². The maximum atomic E-state index is 13.7. The monoisotopic (exact) mass is 407 g/mol. The largest absolute Gasteiger partial charge is 0.383 e. The number of anilines is 1. The molecule has 6 nitrogen and oxygen atoms in total. The first-order valence-corrected chi connectivity index (χ1v) is 10.7. The van der Waals surface area contributed by atoms with Crippen molar-refractivity contribution >= 4 is 17.6 Å². The zero-order valence-corrected chi connectivity index (χ0v) is 17.7. The third kappa shape index (κ3) is 3.60. The first-order chi connectivity index (χ1) is 14.6. The zero-order valence-electron chi connectivity index (χ0n) is 17.7. The standard InChI is InChI=1S/C24H29N3O3/c1-17-10-13-25-20(16-17)26-22(28)21-18-8-4-5-9-19(18)23(29)27(14-15-30-2)24(21)11-6-3-7-12-24/h4-5,8-10,13,16,21H,3,6-7,11-12,14-15H2,1-2H3,(H,25,26,28)/t21-/m1/s1. The summed E-state index contributed by atoms with van der Waals surface area (Å²) in [6, 6.07) is 11.3. The zero-order chi connectivity index (χ0) is 21.1. The minimum Gasteiger partial charge on any atom is -0.383 e. The van der Waals surface area contributed by atoms with Crippen molar-refractivity contribution in [2.75, 3.05) is 25.6 Å². The molecule has 6 heteroatoms. The number of benzene rings is 1. The SMILES string of the molecule is COCCN1C(=O)c2ccccc2[C@H](C(=O)Nc2cc(C)ccn2)C12CCCCC2. The summed E-state index contributed by atoms with van der Waals surface area (Å²) in [7, 11) is 1.64. The Morgan fingerprint density at radius 3 is 2.73 bits per heavy atom. The summed E-state index contributed by atoms with van der Waals surface area (Å²) in [6.07, 6.45) is 6.47. The van der Waals surface area contributed by atoms with E-state index in [0.29, 0.717) is 24.5 Å². The van der Waals surface area contributed by atoms with E-state index in [9.17, 15) is 9.59 Å². The maximum Gasteiger partial charge on any atom is 0.254 e. The van der Waals surface area contributed by atoms with E-state index in [1.54, 1.807) is 13.3 Å². The molecule has 158 valence electrons. The molecule has 1 aromatic carbocycles. The minimum atomic E-state index is -0.532. The Balaban J connectivity index is 1.80. The molecule has 4 rings (SSSR count). The summed E-state index contributed by atoms with van der Waals surface area (Å²) in [4.78, 5) is 33.5. The van der Waals surface area contributed by atoms with Crippen molar-refractivity contribution in [3.05, 3.63) is 59.3 Å². The van der Waals surface area contributed by atoms with Crippen molar-refractivity contribution in [2.45, 2.75) is 50.5 Å². The lowest BCUT2D eigenvalue weighted by molar-refractivity contribution is -0.122. The summed E-state index contributed by atoms with van der Waals surface area (Å²) in [5, 5.41) is 3.04. The number of amides is 2. The molecular weight excluding hydrogens is 378 g/mol. The Kier molecular flexibility index (Phi) is 5.86. The van der Waals surface area contributed by atoms with E-state index in [-0.39, 0.29) is 11.8 Å². The number of hydrogen-bond donors (Lipinski definition) is 1. The van der Waals surface area contributed by atoms with Crippen molar-refractivity contribution in [1.82, 2.24) is 9.88 Å². The van der Waals surface area contributed by atoms with Crippen LogP contribution in [-0.4, -0.2) is 47.5 Å². The second kappa shape index (κ2) is 8.56. The van der Waals surface area contributed by atoms with E-state index in [1.807, 2.05) is 48.2 Å². The van der Waals surface area contributed by atoms with Crippen LogP contribution < -0.4 is 5.32 Å². The van der Waals surface area contributed by atoms with Crippen molar-refractivity contribution in [1.29, 1.82) is 0 Å². The van der Waals surface area contributed by atoms with Crippen molar-refractivity contribution in [3.8, 4) is 0 Å². The molecule has 1 atom stereocenters. The first-order valence-electron chi connectivity index (χ1n) is 10.7. The lowest BCUT2D eigenvalue weighted by Crippen LogP contribution is -2.62. The highest BCUT2D eigenvalue weighted by molar-refractivity contribution is 6.04. The molecular formula is C24H29N3O3. The van der Waals surface area contributed by atoms with Crippen molar-refractivity contribution in [2.24, 2.45) is 0 Å². The average molecular weight is 408 g/mol. The van der Waals surface area contributed by atoms with Crippen LogP contribution in [0.4, 0.5) is 5.82 Å². The van der Waals surface area contributed by atoms with Gasteiger partial charge in [0.15, 0.2) is 0 Å². The number of ether oxygens (including phenoxy) is 1. The Morgan fingerprint density at radius 1 is 1.23 bits per heavy atom. The number of hydrogen-bond acceptors (Lipinski definition) is 4. The van der Waals surface area contributed by atoms with Crippen LogP contribution in [0.5, 0.6) is 0 Å². The number of fused-ring (bicyclic) bond motifs is 1. The van der Waals surface area contributed by atoms with Crippen molar-refractivity contribution in [3.63, 3.8) is 0 Å². The van der Waals surface area contributed by atoms with E-state index < -0.39 is 11.5 Å². The number of pyridine rings is 1. The fourth-order valence-corrected chi connectivity index (χ4v) is 5.15. The van der Waals surface area contributed by atoms with Gasteiger partial charge < -0.3 is 15.0 Å². The summed E-state index contributed by atoms with van der Waals surface area (Å²) in [5.41, 5.74) is 1.94. The summed E-state index contributed by atoms with van der Waals surface area (Å²) in [6.45, 7) is 2.90. The molecule has 2 amide bonds. The predicted molar refractivity (Wildman–Crippen MR) is 116 cm³/mol. The van der Waals surface area contributed by atoms with Gasteiger partial charge in [-0.15, -0.1) is 0 Å². The lowest BCUT2D eigenvalue weighted by atomic mass is 9.65. The van der Waals surface area contributed by atoms with Crippen LogP contribution in [0.15, 0.2) is 42.6 Å². The second-order valence-corrected chi connectivity index (χ2v) is 8.34. The summed E-state index contributed by atoms with van der Waals surface area (Å²) < 4.78 is 5.31. The van der Waals surface area contributed by atoms with Crippen LogP contribution in [-0.2, 0) is 9.53 Å². The van der Waals surface area contributed by atoms with Gasteiger partial charge in [-0.1, -0.05) is 37.5 Å². The number of carbonyl (C=O) groups excluding carboxylic acids is 2. The Morgan fingerprint density at radius 2 is 2.00 bits per heavy atom. The molecule has 1 spiro atoms. The van der Waals surface area contributed by atoms with E-state index in [0.717, 1.165) is 43.2 Å². The van der Waals surface area contributed by atoms with Crippen molar-refractivity contribution < 1.29 is 14.3 Å². The molecule has 2 heterocycles. The molecule has 1 N–H and O–H groups in total. The molecule has 30 heavy (non-hydrogen) atoms. The van der Waals surface area contributed by atoms with Crippen LogP contribution in [0, 0.1) is 6.92 Å². The molecule has 0 bridgehead atoms. The molecule has 0 unspecified atom stereocenters. The summed E-state index contributed by atoms with van der Waals surface area (Å²) in [5.74, 6) is 0.00861. The number of aryl methyl sites for hydroxylation is 1. The molecule has 1 aromatic heterocycles. The number of aromatic nitrogens is 1. The van der Waals surface area contributed by atoms with Gasteiger partial charge in [0.05, 0.1) is 18.1 Å². The van der Waals surface area contributed by atoms with Crippen LogP contribution in [0.1, 0.15) is 59.5 Å². The van der Waals surface area contributed by atoms with Gasteiger partial charge in [0.2, 0.25) is 5.91 Å². The van der Waals surface area contributed by atoms with Crippen LogP contribution in [0.3, 0.4) is 0 Å². The number of carbonyl (C=O) groups is 2. The maximum absolute atomic E-state index is 13.7. The van der Waals surface area contributed by atoms with Gasteiger partial charge in [-0.3, -0.25) is 9.59 Å². The van der Waals surface area contributed by atoms with Crippen LogP contribution in [0.2, 0.25) is 0 Å². The molecule has 1 aliphatic heterocycles. The van der Waals surface area contributed by atoms with E-state index in [1.165, 1.54) is 0 Å². The fraction of sp³-hybridized carbons (Fsp3) is 0.458. The smallest absolute Gasteiger partial charge is 0.254 e. The molecule has 1 saturated carbocycles. The molecule has 0 radical (unpaired) electrons. The fourth-order valence-electron chi connectivity index (χ4n) is 5.15. The summed E-state index contributed by atoms with van der Waals surface area (Å²) >= 11 is 0. The average Bonchev–Trinajstić information content (AvgIpc) is 2.74. The van der Waals surface area contributed by atoms with E-state index >= 15 is 0 Å². The Hall–Kier alpha value is -2.73. The molecule has 2 aliphatic rings. The number of rotatable bonds is 5. The van der Waals surface area contributed by atoms with Crippen LogP contribution >= 0.6 is 0 Å². The second-order valence-electron chi connectivity index (χ2n) is 8.34. The highest BCUT2D eigenvalue weighted by Crippen LogP contribution is 2.49. The normalized spacial score (nSPS) is 20.1. The predicted octanol–water partition coefficient (Wildman–Crippen LogP) is 3.92. The third-order valence-electron chi connectivity index (χ3n) is 6.49. The molecule has 0 saturated heterocycles. The number of methoxy groups -OCH3 is 1. The highest BCUT2D eigenvalue weighted by Gasteiger charge is 2.54. The topological polar surface area (TPSA) is 71.5 Å². The quantitative estimate of drug-likeness (QED) is 0.816. The Bertz CT molecular complexity index is 937. The molecule has 1 aliphatic carbocycles. The number of nitrogens with one attached hydrogen (secondary N) is 1. The van der Waals surface area contributed by atoms with Gasteiger partial charge in [0.25, 0.3) is 5.91 Å². The van der Waals surface area contributed by atoms with Gasteiger partial charge in [0.1, 0.15) is 5.82 Å². The van der Waals surface area contributed by atoms with Gasteiger partial charge >= 0.3 is 0 Å². The molecule has 1 fully saturated rings. The highest BCUT2D eigenvalue weighted by atomic mass is 16.5. The van der Waals surface area contributed by atoms with Gasteiger partial charge in [-0.05, 0) is 49.1 Å². The first kappa shape index (κ1) is 20.5. The Labute approximate surface area is 177 Å². The van der Waals surface area contributed by atoms with Crippen LogP contribution in [0.25, 0.3) is 0 Å². The third-order valence-corrected chi connectivity index (χ3v) is 6.49. The molecule has 2 aromatic rings. The van der Waals surface area contributed by atoms with Gasteiger partial charge in [-0.25, -0.2) is 4.98 Å². The minimum absolute atomic E-state index is 0.00211. The lowest BCUT2D eigenvalue weighted by Gasteiger charge is -2.53.